The third kappa shape index (κ3) is 3.07. The van der Waals surface area contributed by atoms with Crippen LogP contribution in [0.5, 0.6) is 0 Å². The Morgan fingerprint density at radius 3 is 2.45 bits per heavy atom. The second kappa shape index (κ2) is 6.37. The van der Waals surface area contributed by atoms with E-state index in [1.165, 1.54) is 0 Å². The first-order valence-corrected chi connectivity index (χ1v) is 6.95. The van der Waals surface area contributed by atoms with Crippen molar-refractivity contribution in [2.45, 2.75) is 27.2 Å². The number of hydrogen-bond acceptors (Lipinski definition) is 3. The smallest absolute Gasteiger partial charge is 0.230 e. The molecule has 0 radical (unpaired) electrons. The van der Waals surface area contributed by atoms with Gasteiger partial charge in [0.2, 0.25) is 11.8 Å². The van der Waals surface area contributed by atoms with E-state index < -0.39 is 0 Å². The van der Waals surface area contributed by atoms with Crippen molar-refractivity contribution in [2.75, 3.05) is 13.1 Å². The van der Waals surface area contributed by atoms with Crippen molar-refractivity contribution in [1.82, 2.24) is 9.88 Å². The monoisotopic (exact) mass is 272 g/mol. The summed E-state index contributed by atoms with van der Waals surface area (Å²) >= 11 is 0. The lowest BCUT2D eigenvalue weighted by Crippen LogP contribution is -2.31. The number of oxazole rings is 1. The van der Waals surface area contributed by atoms with E-state index in [2.05, 4.69) is 4.98 Å². The van der Waals surface area contributed by atoms with E-state index in [9.17, 15) is 4.79 Å². The number of amides is 1. The fourth-order valence-electron chi connectivity index (χ4n) is 2.12. The molecule has 0 unspecified atom stereocenters. The third-order valence-electron chi connectivity index (χ3n) is 3.34. The summed E-state index contributed by atoms with van der Waals surface area (Å²) in [5, 5.41) is 0. The van der Waals surface area contributed by atoms with Gasteiger partial charge in [0.05, 0.1) is 12.1 Å². The van der Waals surface area contributed by atoms with Gasteiger partial charge in [0.15, 0.2) is 0 Å². The number of likely N-dealkylation sites (N-methyl/N-ethyl adjacent to an activating group) is 1. The summed E-state index contributed by atoms with van der Waals surface area (Å²) in [7, 11) is 0. The van der Waals surface area contributed by atoms with E-state index >= 15 is 0 Å². The van der Waals surface area contributed by atoms with Crippen LogP contribution in [-0.4, -0.2) is 28.9 Å². The van der Waals surface area contributed by atoms with Crippen LogP contribution in [0.3, 0.4) is 0 Å². The molecule has 106 valence electrons. The molecular formula is C16H20N2O2. The van der Waals surface area contributed by atoms with Crippen LogP contribution in [0.1, 0.15) is 25.3 Å². The highest BCUT2D eigenvalue weighted by Gasteiger charge is 2.17. The number of carbonyl (C=O) groups is 1. The van der Waals surface area contributed by atoms with Crippen molar-refractivity contribution in [3.63, 3.8) is 0 Å². The number of benzene rings is 1. The molecule has 0 aliphatic carbocycles. The molecule has 0 aliphatic rings. The maximum atomic E-state index is 12.1. The van der Waals surface area contributed by atoms with Crippen LogP contribution >= 0.6 is 0 Å². The van der Waals surface area contributed by atoms with Gasteiger partial charge in [-0.2, -0.15) is 0 Å². The minimum atomic E-state index is 0.0776. The van der Waals surface area contributed by atoms with Gasteiger partial charge in [-0.05, 0) is 32.9 Å². The molecule has 0 aliphatic heterocycles. The van der Waals surface area contributed by atoms with Gasteiger partial charge < -0.3 is 9.32 Å². The Kier molecular flexibility index (Phi) is 4.56. The fraction of sp³-hybridized carbons (Fsp3) is 0.375. The Bertz CT molecular complexity index is 571. The molecule has 2 aromatic rings. The maximum Gasteiger partial charge on any atom is 0.230 e. The minimum absolute atomic E-state index is 0.0776. The molecule has 1 amide bonds. The summed E-state index contributed by atoms with van der Waals surface area (Å²) in [5.41, 5.74) is 1.71. The molecule has 0 bridgehead atoms. The Labute approximate surface area is 119 Å². The van der Waals surface area contributed by atoms with Crippen LogP contribution in [0, 0.1) is 6.92 Å². The lowest BCUT2D eigenvalue weighted by atomic mass is 10.2. The van der Waals surface area contributed by atoms with E-state index in [-0.39, 0.29) is 12.3 Å². The normalized spacial score (nSPS) is 10.6. The Morgan fingerprint density at radius 2 is 1.85 bits per heavy atom. The van der Waals surface area contributed by atoms with Crippen molar-refractivity contribution < 1.29 is 9.21 Å². The van der Waals surface area contributed by atoms with E-state index in [1.807, 2.05) is 51.1 Å². The van der Waals surface area contributed by atoms with E-state index in [0.717, 1.165) is 11.3 Å². The molecule has 1 heterocycles. The Balaban J connectivity index is 2.18. The van der Waals surface area contributed by atoms with E-state index in [4.69, 9.17) is 4.42 Å². The quantitative estimate of drug-likeness (QED) is 0.840. The largest absolute Gasteiger partial charge is 0.440 e. The van der Waals surface area contributed by atoms with Crippen molar-refractivity contribution >= 4 is 5.91 Å². The first-order valence-electron chi connectivity index (χ1n) is 6.95. The molecule has 0 atom stereocenters. The van der Waals surface area contributed by atoms with Gasteiger partial charge in [-0.15, -0.1) is 0 Å². The average molecular weight is 272 g/mol. The molecule has 1 aromatic heterocycles. The van der Waals surface area contributed by atoms with Crippen LogP contribution in [0.2, 0.25) is 0 Å². The first kappa shape index (κ1) is 14.3. The summed E-state index contributed by atoms with van der Waals surface area (Å²) in [6.45, 7) is 7.26. The first-order chi connectivity index (χ1) is 9.65. The van der Waals surface area contributed by atoms with Crippen LogP contribution < -0.4 is 0 Å². The number of nitrogens with zero attached hydrogens (tertiary/aromatic N) is 2. The average Bonchev–Trinajstić information content (AvgIpc) is 2.82. The highest BCUT2D eigenvalue weighted by Crippen LogP contribution is 2.22. The van der Waals surface area contributed by atoms with Crippen molar-refractivity contribution in [3.05, 3.63) is 41.8 Å². The maximum absolute atomic E-state index is 12.1. The van der Waals surface area contributed by atoms with E-state index in [0.29, 0.717) is 24.7 Å². The van der Waals surface area contributed by atoms with E-state index in [1.54, 1.807) is 4.90 Å². The summed E-state index contributed by atoms with van der Waals surface area (Å²) < 4.78 is 5.75. The second-order valence-electron chi connectivity index (χ2n) is 4.64. The predicted molar refractivity (Wildman–Crippen MR) is 78.3 cm³/mol. The number of carbonyl (C=O) groups excluding carboxylic acids is 1. The van der Waals surface area contributed by atoms with Crippen molar-refractivity contribution in [1.29, 1.82) is 0 Å². The standard InChI is InChI=1S/C16H20N2O2/c1-4-18(5-2)15(19)11-14-12(3)17-16(20-14)13-9-7-6-8-10-13/h6-10H,4-5,11H2,1-3H3. The molecule has 4 heteroatoms. The van der Waals surface area contributed by atoms with Gasteiger partial charge in [-0.25, -0.2) is 4.98 Å². The van der Waals surface area contributed by atoms with Gasteiger partial charge >= 0.3 is 0 Å². The lowest BCUT2D eigenvalue weighted by Gasteiger charge is -2.17. The van der Waals surface area contributed by atoms with Crippen molar-refractivity contribution in [3.8, 4) is 11.5 Å². The SMILES string of the molecule is CCN(CC)C(=O)Cc1oc(-c2ccccc2)nc1C. The minimum Gasteiger partial charge on any atom is -0.440 e. The molecule has 0 saturated heterocycles. The molecule has 0 saturated carbocycles. The van der Waals surface area contributed by atoms with Crippen LogP contribution in [0.4, 0.5) is 0 Å². The van der Waals surface area contributed by atoms with Crippen LogP contribution in [-0.2, 0) is 11.2 Å². The second-order valence-corrected chi connectivity index (χ2v) is 4.64. The summed E-state index contributed by atoms with van der Waals surface area (Å²) in [6, 6.07) is 9.72. The molecule has 20 heavy (non-hydrogen) atoms. The van der Waals surface area contributed by atoms with Gasteiger partial charge in [0, 0.05) is 18.7 Å². The van der Waals surface area contributed by atoms with Crippen molar-refractivity contribution in [2.24, 2.45) is 0 Å². The third-order valence-corrected chi connectivity index (χ3v) is 3.34. The molecular weight excluding hydrogens is 252 g/mol. The number of hydrogen-bond donors (Lipinski definition) is 0. The topological polar surface area (TPSA) is 46.3 Å². The van der Waals surface area contributed by atoms with Gasteiger partial charge in [0.1, 0.15) is 5.76 Å². The lowest BCUT2D eigenvalue weighted by molar-refractivity contribution is -0.130. The zero-order valence-electron chi connectivity index (χ0n) is 12.2. The number of aromatic nitrogens is 1. The summed E-state index contributed by atoms with van der Waals surface area (Å²) in [4.78, 5) is 18.3. The fourth-order valence-corrected chi connectivity index (χ4v) is 2.12. The predicted octanol–water partition coefficient (Wildman–Crippen LogP) is 3.06. The van der Waals surface area contributed by atoms with Gasteiger partial charge in [-0.1, -0.05) is 18.2 Å². The highest BCUT2D eigenvalue weighted by molar-refractivity contribution is 5.78. The molecule has 0 N–H and O–H groups in total. The molecule has 0 spiro atoms. The van der Waals surface area contributed by atoms with Gasteiger partial charge in [-0.3, -0.25) is 4.79 Å². The zero-order valence-corrected chi connectivity index (χ0v) is 12.2. The number of rotatable bonds is 5. The van der Waals surface area contributed by atoms with Crippen LogP contribution in [0.25, 0.3) is 11.5 Å². The van der Waals surface area contributed by atoms with Crippen LogP contribution in [0.15, 0.2) is 34.7 Å². The molecule has 1 aromatic carbocycles. The highest BCUT2D eigenvalue weighted by atomic mass is 16.4. The number of aryl methyl sites for hydroxylation is 1. The Hall–Kier alpha value is -2.10. The zero-order chi connectivity index (χ0) is 14.5. The molecule has 4 nitrogen and oxygen atoms in total. The molecule has 2 rings (SSSR count). The van der Waals surface area contributed by atoms with Gasteiger partial charge in [0.25, 0.3) is 0 Å². The summed E-state index contributed by atoms with van der Waals surface area (Å²) in [5.74, 6) is 1.31. The molecule has 0 fully saturated rings. The summed E-state index contributed by atoms with van der Waals surface area (Å²) in [6.07, 6.45) is 0.271. The Morgan fingerprint density at radius 1 is 1.20 bits per heavy atom.